The van der Waals surface area contributed by atoms with Gasteiger partial charge in [-0.25, -0.2) is 0 Å². The lowest BCUT2D eigenvalue weighted by Crippen LogP contribution is -2.24. The zero-order valence-corrected chi connectivity index (χ0v) is 15.9. The number of methoxy groups -OCH3 is 1. The van der Waals surface area contributed by atoms with Gasteiger partial charge < -0.3 is 14.8 Å². The molecule has 0 aliphatic rings. The summed E-state index contributed by atoms with van der Waals surface area (Å²) in [6, 6.07) is 15.5. The number of ether oxygens (including phenoxy) is 2. The predicted octanol–water partition coefficient (Wildman–Crippen LogP) is 2.88. The first-order valence-electron chi connectivity index (χ1n) is 8.71. The Kier molecular flexibility index (Phi) is 5.74. The summed E-state index contributed by atoms with van der Waals surface area (Å²) in [5.74, 6) is 0.362. The maximum absolute atomic E-state index is 12.2. The molecule has 2 aromatic carbocycles. The van der Waals surface area contributed by atoms with Crippen molar-refractivity contribution in [1.82, 2.24) is 9.78 Å². The molecular formula is C21H21N3O4. The average molecular weight is 379 g/mol. The second-order valence-corrected chi connectivity index (χ2v) is 6.23. The molecule has 3 aromatic rings. The van der Waals surface area contributed by atoms with Crippen molar-refractivity contribution in [2.24, 2.45) is 0 Å². The van der Waals surface area contributed by atoms with Crippen molar-refractivity contribution < 1.29 is 14.3 Å². The van der Waals surface area contributed by atoms with Crippen LogP contribution in [0.4, 0.5) is 5.69 Å². The molecule has 0 fully saturated rings. The molecule has 3 rings (SSSR count). The number of carbonyl (C=O) groups is 1. The number of hydrogen-bond donors (Lipinski definition) is 1. The topological polar surface area (TPSA) is 82.5 Å². The Bertz CT molecular complexity index is 1060. The molecular weight excluding hydrogens is 358 g/mol. The molecule has 0 aliphatic heterocycles. The van der Waals surface area contributed by atoms with Crippen LogP contribution in [0.2, 0.25) is 0 Å². The van der Waals surface area contributed by atoms with Gasteiger partial charge in [-0.05, 0) is 49.2 Å². The fourth-order valence-electron chi connectivity index (χ4n) is 2.59. The fraction of sp³-hybridized carbons (Fsp3) is 0.190. The lowest BCUT2D eigenvalue weighted by atomic mass is 10.1. The van der Waals surface area contributed by atoms with Crippen LogP contribution < -0.4 is 20.3 Å². The van der Waals surface area contributed by atoms with Gasteiger partial charge >= 0.3 is 0 Å². The summed E-state index contributed by atoms with van der Waals surface area (Å²) in [4.78, 5) is 24.3. The first-order valence-corrected chi connectivity index (χ1v) is 8.71. The number of anilines is 1. The molecule has 0 radical (unpaired) electrons. The van der Waals surface area contributed by atoms with Gasteiger partial charge in [0.05, 0.1) is 18.5 Å². The summed E-state index contributed by atoms with van der Waals surface area (Å²) in [7, 11) is 1.53. The molecule has 0 bridgehead atoms. The van der Waals surface area contributed by atoms with Crippen LogP contribution in [0.5, 0.6) is 11.6 Å². The number of nitrogens with one attached hydrogen (secondary N) is 1. The number of hydrogen-bond acceptors (Lipinski definition) is 5. The summed E-state index contributed by atoms with van der Waals surface area (Å²) in [5.41, 5.74) is 3.07. The molecule has 7 nitrogen and oxygen atoms in total. The van der Waals surface area contributed by atoms with E-state index in [1.165, 1.54) is 23.9 Å². The van der Waals surface area contributed by atoms with E-state index >= 15 is 0 Å². The smallest absolute Gasteiger partial charge is 0.271 e. The van der Waals surface area contributed by atoms with Crippen molar-refractivity contribution in [3.8, 4) is 17.3 Å². The Morgan fingerprint density at radius 2 is 1.86 bits per heavy atom. The zero-order valence-electron chi connectivity index (χ0n) is 15.9. The van der Waals surface area contributed by atoms with E-state index in [1.807, 2.05) is 38.1 Å². The first-order chi connectivity index (χ1) is 13.5. The van der Waals surface area contributed by atoms with Gasteiger partial charge in [-0.2, -0.15) is 4.68 Å². The van der Waals surface area contributed by atoms with Crippen LogP contribution >= 0.6 is 0 Å². The highest BCUT2D eigenvalue weighted by molar-refractivity contribution is 5.93. The van der Waals surface area contributed by atoms with Gasteiger partial charge in [0.1, 0.15) is 5.75 Å². The molecule has 0 atom stereocenters. The Morgan fingerprint density at radius 3 is 2.61 bits per heavy atom. The molecule has 0 unspecified atom stereocenters. The zero-order chi connectivity index (χ0) is 20.1. The minimum Gasteiger partial charge on any atom is -0.495 e. The number of amides is 1. The van der Waals surface area contributed by atoms with E-state index in [0.717, 1.165) is 11.1 Å². The molecule has 28 heavy (non-hydrogen) atoms. The summed E-state index contributed by atoms with van der Waals surface area (Å²) < 4.78 is 11.9. The highest BCUT2D eigenvalue weighted by Gasteiger charge is 2.10. The highest BCUT2D eigenvalue weighted by atomic mass is 16.5. The maximum Gasteiger partial charge on any atom is 0.271 e. The number of para-hydroxylation sites is 2. The average Bonchev–Trinajstić information content (AvgIpc) is 2.70. The molecule has 0 saturated heterocycles. The third kappa shape index (κ3) is 4.37. The summed E-state index contributed by atoms with van der Waals surface area (Å²) in [6.07, 6.45) is 0. The normalized spacial score (nSPS) is 10.4. The lowest BCUT2D eigenvalue weighted by Gasteiger charge is -2.11. The highest BCUT2D eigenvalue weighted by Crippen LogP contribution is 2.22. The number of aromatic nitrogens is 2. The van der Waals surface area contributed by atoms with E-state index in [4.69, 9.17) is 9.47 Å². The minimum absolute atomic E-state index is 0.174. The van der Waals surface area contributed by atoms with Gasteiger partial charge in [0.25, 0.3) is 11.5 Å². The van der Waals surface area contributed by atoms with E-state index < -0.39 is 0 Å². The van der Waals surface area contributed by atoms with Crippen LogP contribution in [0.3, 0.4) is 0 Å². The van der Waals surface area contributed by atoms with E-state index in [1.54, 1.807) is 18.2 Å². The molecule has 1 heterocycles. The largest absolute Gasteiger partial charge is 0.495 e. The van der Waals surface area contributed by atoms with Gasteiger partial charge in [0, 0.05) is 12.1 Å². The quantitative estimate of drug-likeness (QED) is 0.712. The predicted molar refractivity (Wildman–Crippen MR) is 106 cm³/mol. The van der Waals surface area contributed by atoms with Crippen molar-refractivity contribution in [3.63, 3.8) is 0 Å². The Labute approximate surface area is 162 Å². The van der Waals surface area contributed by atoms with Crippen molar-refractivity contribution in [3.05, 3.63) is 76.1 Å². The van der Waals surface area contributed by atoms with Gasteiger partial charge in [-0.15, -0.1) is 5.10 Å². The van der Waals surface area contributed by atoms with Crippen molar-refractivity contribution in [2.75, 3.05) is 19.0 Å². The number of rotatable bonds is 6. The van der Waals surface area contributed by atoms with Crippen molar-refractivity contribution in [2.45, 2.75) is 13.8 Å². The molecule has 144 valence electrons. The monoisotopic (exact) mass is 379 g/mol. The lowest BCUT2D eigenvalue weighted by molar-refractivity contribution is -0.118. The first kappa shape index (κ1) is 19.2. The van der Waals surface area contributed by atoms with Gasteiger partial charge in [-0.3, -0.25) is 9.59 Å². The minimum atomic E-state index is -0.366. The molecule has 0 aliphatic carbocycles. The molecule has 7 heteroatoms. The van der Waals surface area contributed by atoms with Crippen molar-refractivity contribution >= 4 is 11.6 Å². The van der Waals surface area contributed by atoms with Gasteiger partial charge in [0.2, 0.25) is 5.88 Å². The number of benzene rings is 2. The van der Waals surface area contributed by atoms with E-state index in [0.29, 0.717) is 17.1 Å². The standard InChI is InChI=1S/C21H21N3O4/c1-14-8-9-16(12-15(14)2)24-21(26)11-10-20(23-24)28-13-19(25)22-17-6-4-5-7-18(17)27-3/h4-12H,13H2,1-3H3,(H,22,25). The van der Waals surface area contributed by atoms with Crippen molar-refractivity contribution in [1.29, 1.82) is 0 Å². The number of aryl methyl sites for hydroxylation is 2. The van der Waals surface area contributed by atoms with E-state index in [-0.39, 0.29) is 24.0 Å². The maximum atomic E-state index is 12.2. The van der Waals surface area contributed by atoms with Gasteiger partial charge in [-0.1, -0.05) is 18.2 Å². The van der Waals surface area contributed by atoms with Crippen LogP contribution in [0.15, 0.2) is 59.4 Å². The number of carbonyl (C=O) groups excluding carboxylic acids is 1. The SMILES string of the molecule is COc1ccccc1NC(=O)COc1ccc(=O)n(-c2ccc(C)c(C)c2)n1. The second kappa shape index (κ2) is 8.39. The molecule has 1 aromatic heterocycles. The Balaban J connectivity index is 1.72. The van der Waals surface area contributed by atoms with Crippen LogP contribution in [0, 0.1) is 13.8 Å². The Morgan fingerprint density at radius 1 is 1.07 bits per heavy atom. The Hall–Kier alpha value is -3.61. The molecule has 1 N–H and O–H groups in total. The second-order valence-electron chi connectivity index (χ2n) is 6.23. The third-order valence-electron chi connectivity index (χ3n) is 4.24. The number of nitrogens with zero attached hydrogens (tertiary/aromatic N) is 2. The summed E-state index contributed by atoms with van der Waals surface area (Å²) >= 11 is 0. The summed E-state index contributed by atoms with van der Waals surface area (Å²) in [6.45, 7) is 3.71. The van der Waals surface area contributed by atoms with Crippen LogP contribution in [0.25, 0.3) is 5.69 Å². The van der Waals surface area contributed by atoms with E-state index in [2.05, 4.69) is 10.4 Å². The van der Waals surface area contributed by atoms with Crippen LogP contribution in [-0.2, 0) is 4.79 Å². The molecule has 0 saturated carbocycles. The third-order valence-corrected chi connectivity index (χ3v) is 4.24. The van der Waals surface area contributed by atoms with E-state index in [9.17, 15) is 9.59 Å². The fourth-order valence-corrected chi connectivity index (χ4v) is 2.59. The van der Waals surface area contributed by atoms with Gasteiger partial charge in [0.15, 0.2) is 6.61 Å². The molecule has 1 amide bonds. The van der Waals surface area contributed by atoms with Crippen LogP contribution in [-0.4, -0.2) is 29.4 Å². The van der Waals surface area contributed by atoms with Crippen LogP contribution in [0.1, 0.15) is 11.1 Å². The molecule has 0 spiro atoms. The summed E-state index contributed by atoms with van der Waals surface area (Å²) in [5, 5.41) is 6.92.